The number of piperazine rings is 1. The molecular formula is C50H64F2N6O5Si. The molecule has 0 radical (unpaired) electrons. The molecule has 2 bridgehead atoms. The largest absolute Gasteiger partial charge is 0.468 e. The molecule has 1 saturated carbocycles. The lowest BCUT2D eigenvalue weighted by molar-refractivity contribution is 0.0122. The Kier molecular flexibility index (Phi) is 12.8. The predicted molar refractivity (Wildman–Crippen MR) is 250 cm³/mol. The molecule has 4 aliphatic rings. The van der Waals surface area contributed by atoms with Crippen molar-refractivity contribution in [2.75, 3.05) is 58.1 Å². The van der Waals surface area contributed by atoms with Gasteiger partial charge in [0.1, 0.15) is 42.3 Å². The molecule has 342 valence electrons. The summed E-state index contributed by atoms with van der Waals surface area (Å²) in [5.41, 5.74) is 4.51. The fraction of sp³-hybridized carbons (Fsp3) is 0.560. The molecule has 3 aliphatic heterocycles. The van der Waals surface area contributed by atoms with Crippen molar-refractivity contribution in [2.45, 2.75) is 122 Å². The first-order chi connectivity index (χ1) is 30.4. The number of anilines is 1. The van der Waals surface area contributed by atoms with Crippen LogP contribution in [0.2, 0.25) is 16.6 Å². The summed E-state index contributed by atoms with van der Waals surface area (Å²) in [6.45, 7) is 22.9. The predicted octanol–water partition coefficient (Wildman–Crippen LogP) is 10.3. The molecular weight excluding hydrogens is 831 g/mol. The van der Waals surface area contributed by atoms with Crippen molar-refractivity contribution in [3.05, 3.63) is 59.8 Å². The van der Waals surface area contributed by atoms with Crippen LogP contribution in [0.4, 0.5) is 19.4 Å². The summed E-state index contributed by atoms with van der Waals surface area (Å²) in [5, 5.41) is 1.47. The molecule has 2 unspecified atom stereocenters. The van der Waals surface area contributed by atoms with Crippen molar-refractivity contribution >= 4 is 41.7 Å². The SMILES string of the molecule is COCOc1cc(-c2ncc3c(N4CC5CCC(C4)N5C(=O)OC(C)(C)C)nc(OCC4(CN5CC=CC5)CC4)nc3c2F)c2c(C#C[Si](C(C)C)(C(C)C)C(C)C)c(F)ccc2c1. The highest BCUT2D eigenvalue weighted by atomic mass is 28.3. The van der Waals surface area contributed by atoms with Crippen molar-refractivity contribution < 1.29 is 32.5 Å². The zero-order chi connectivity index (χ0) is 45.7. The molecule has 14 heteroatoms. The maximum Gasteiger partial charge on any atom is 0.410 e. The van der Waals surface area contributed by atoms with Crippen molar-refractivity contribution in [2.24, 2.45) is 5.41 Å². The lowest BCUT2D eigenvalue weighted by Crippen LogP contribution is -2.57. The minimum atomic E-state index is -2.31. The molecule has 2 aromatic carbocycles. The monoisotopic (exact) mass is 894 g/mol. The molecule has 2 saturated heterocycles. The molecule has 5 heterocycles. The van der Waals surface area contributed by atoms with Crippen molar-refractivity contribution in [3.8, 4) is 34.5 Å². The molecule has 64 heavy (non-hydrogen) atoms. The first-order valence-electron chi connectivity index (χ1n) is 23.0. The van der Waals surface area contributed by atoms with E-state index in [-0.39, 0.29) is 53.2 Å². The van der Waals surface area contributed by atoms with E-state index in [0.29, 0.717) is 69.6 Å². The molecule has 8 rings (SSSR count). The van der Waals surface area contributed by atoms with Gasteiger partial charge in [0, 0.05) is 62.4 Å². The van der Waals surface area contributed by atoms with Crippen molar-refractivity contribution in [3.63, 3.8) is 0 Å². The standard InChI is InChI=1S/C50H64F2N6O5Si/c1-31(2)64(32(3)4,33(5)6)22-17-38-41(51)16-13-34-23-37(62-30-60-10)24-39(42(34)38)44-43(52)45-40(25-53-44)46(55-47(54-45)61-29-50(18-19-50)28-56-20-11-12-21-56)57-26-35-14-15-36(27-57)58(35)48(59)63-49(7,8)9/h11-13,16,23-25,31-33,35-36H,14-15,18-21,26-30H2,1-10H3. The number of carbonyl (C=O) groups excluding carboxylic acids is 1. The minimum absolute atomic E-state index is 0.0280. The molecule has 2 aromatic heterocycles. The number of hydrogen-bond acceptors (Lipinski definition) is 10. The molecule has 2 atom stereocenters. The fourth-order valence-electron chi connectivity index (χ4n) is 10.6. The van der Waals surface area contributed by atoms with E-state index < -0.39 is 25.3 Å². The second-order valence-electron chi connectivity index (χ2n) is 20.3. The van der Waals surface area contributed by atoms with Crippen LogP contribution < -0.4 is 14.4 Å². The molecule has 3 fully saturated rings. The molecule has 11 nitrogen and oxygen atoms in total. The summed E-state index contributed by atoms with van der Waals surface area (Å²) >= 11 is 0. The van der Waals surface area contributed by atoms with Gasteiger partial charge in [-0.3, -0.25) is 14.8 Å². The van der Waals surface area contributed by atoms with E-state index in [9.17, 15) is 4.79 Å². The number of amides is 1. The van der Waals surface area contributed by atoms with Gasteiger partial charge in [-0.2, -0.15) is 9.97 Å². The topological polar surface area (TPSA) is 102 Å². The number of benzene rings is 2. The van der Waals surface area contributed by atoms with E-state index >= 15 is 8.78 Å². The van der Waals surface area contributed by atoms with E-state index in [2.05, 4.69) is 75.0 Å². The van der Waals surface area contributed by atoms with Crippen LogP contribution in [0.15, 0.2) is 42.6 Å². The summed E-state index contributed by atoms with van der Waals surface area (Å²) in [6.07, 6.45) is 9.30. The highest BCUT2D eigenvalue weighted by Gasteiger charge is 2.47. The van der Waals surface area contributed by atoms with Crippen LogP contribution in [0.5, 0.6) is 11.8 Å². The van der Waals surface area contributed by atoms with Crippen LogP contribution in [0.25, 0.3) is 32.9 Å². The Morgan fingerprint density at radius 1 is 0.953 bits per heavy atom. The van der Waals surface area contributed by atoms with Crippen LogP contribution in [0.3, 0.4) is 0 Å². The Hall–Kier alpha value is -4.84. The Bertz CT molecular complexity index is 2470. The zero-order valence-corrected chi connectivity index (χ0v) is 40.2. The first-order valence-corrected chi connectivity index (χ1v) is 25.2. The van der Waals surface area contributed by atoms with Gasteiger partial charge >= 0.3 is 12.1 Å². The van der Waals surface area contributed by atoms with Gasteiger partial charge in [-0.25, -0.2) is 13.6 Å². The average Bonchev–Trinajstić information content (AvgIpc) is 3.69. The number of rotatable bonds is 13. The number of carbonyl (C=O) groups is 1. The number of pyridine rings is 1. The van der Waals surface area contributed by atoms with Gasteiger partial charge in [-0.05, 0) is 86.7 Å². The third-order valence-corrected chi connectivity index (χ3v) is 20.1. The molecule has 1 aliphatic carbocycles. The molecule has 4 aromatic rings. The first kappa shape index (κ1) is 45.7. The maximum atomic E-state index is 17.9. The number of hydrogen-bond donors (Lipinski definition) is 0. The van der Waals surface area contributed by atoms with Crippen LogP contribution in [0.1, 0.15) is 93.6 Å². The lowest BCUT2D eigenvalue weighted by Gasteiger charge is -2.42. The van der Waals surface area contributed by atoms with Gasteiger partial charge in [-0.1, -0.05) is 65.7 Å². The average molecular weight is 895 g/mol. The Morgan fingerprint density at radius 2 is 1.62 bits per heavy atom. The molecule has 0 spiro atoms. The summed E-state index contributed by atoms with van der Waals surface area (Å²) in [6, 6.07) is 6.38. The van der Waals surface area contributed by atoms with Crippen LogP contribution in [0, 0.1) is 28.5 Å². The second kappa shape index (κ2) is 17.9. The third kappa shape index (κ3) is 8.92. The van der Waals surface area contributed by atoms with Crippen molar-refractivity contribution in [1.29, 1.82) is 0 Å². The van der Waals surface area contributed by atoms with E-state index in [1.807, 2.05) is 25.7 Å². The summed E-state index contributed by atoms with van der Waals surface area (Å²) in [7, 11) is -0.780. The molecule has 0 N–H and O–H groups in total. The summed E-state index contributed by atoms with van der Waals surface area (Å²) < 4.78 is 57.8. The van der Waals surface area contributed by atoms with E-state index in [1.54, 1.807) is 24.4 Å². The van der Waals surface area contributed by atoms with Gasteiger partial charge < -0.3 is 23.8 Å². The van der Waals surface area contributed by atoms with Crippen molar-refractivity contribution in [1.82, 2.24) is 24.8 Å². The quantitative estimate of drug-likeness (QED) is 0.0558. The third-order valence-electron chi connectivity index (χ3n) is 13.9. The second-order valence-corrected chi connectivity index (χ2v) is 25.9. The normalized spacial score (nSPS) is 19.6. The van der Waals surface area contributed by atoms with Crippen LogP contribution in [-0.4, -0.2) is 110 Å². The number of methoxy groups -OCH3 is 1. The zero-order valence-electron chi connectivity index (χ0n) is 39.2. The van der Waals surface area contributed by atoms with Crippen LogP contribution in [-0.2, 0) is 9.47 Å². The Labute approximate surface area is 377 Å². The summed E-state index contributed by atoms with van der Waals surface area (Å²) in [5.74, 6) is 3.06. The number of fused-ring (bicyclic) bond motifs is 4. The van der Waals surface area contributed by atoms with E-state index in [0.717, 1.165) is 45.3 Å². The van der Waals surface area contributed by atoms with Gasteiger partial charge in [0.05, 0.1) is 29.6 Å². The maximum absolute atomic E-state index is 17.9. The number of ether oxygens (including phenoxy) is 4. The number of nitrogens with zero attached hydrogens (tertiary/aromatic N) is 6. The highest BCUT2D eigenvalue weighted by Crippen LogP contribution is 2.47. The Morgan fingerprint density at radius 3 is 2.23 bits per heavy atom. The van der Waals surface area contributed by atoms with Gasteiger partial charge in [0.2, 0.25) is 0 Å². The van der Waals surface area contributed by atoms with Gasteiger partial charge in [0.15, 0.2) is 12.6 Å². The number of aromatic nitrogens is 3. The summed E-state index contributed by atoms with van der Waals surface area (Å²) in [4.78, 5) is 34.4. The van der Waals surface area contributed by atoms with E-state index in [4.69, 9.17) is 33.9 Å². The number of halogens is 2. The highest BCUT2D eigenvalue weighted by molar-refractivity contribution is 6.90. The minimum Gasteiger partial charge on any atom is -0.468 e. The molecule has 1 amide bonds. The van der Waals surface area contributed by atoms with Gasteiger partial charge in [0.25, 0.3) is 0 Å². The van der Waals surface area contributed by atoms with Crippen LogP contribution >= 0.6 is 0 Å². The Balaban J connectivity index is 1.27. The smallest absolute Gasteiger partial charge is 0.410 e. The lowest BCUT2D eigenvalue weighted by atomic mass is 9.95. The van der Waals surface area contributed by atoms with Gasteiger partial charge in [-0.15, -0.1) is 5.54 Å². The van der Waals surface area contributed by atoms with E-state index in [1.165, 1.54) is 13.2 Å². The fourth-order valence-corrected chi connectivity index (χ4v) is 15.8.